The van der Waals surface area contributed by atoms with Crippen LogP contribution in [-0.4, -0.2) is 0 Å². The summed E-state index contributed by atoms with van der Waals surface area (Å²) in [4.78, 5) is 0. The van der Waals surface area contributed by atoms with E-state index in [1.54, 1.807) is 24.3 Å². The van der Waals surface area contributed by atoms with Crippen LogP contribution in [0.4, 0.5) is 0 Å². The first-order chi connectivity index (χ1) is 8.09. The maximum absolute atomic E-state index is 6.18. The van der Waals surface area contributed by atoms with Gasteiger partial charge in [-0.25, -0.2) is 0 Å². The first-order valence-electron chi connectivity index (χ1n) is 4.74. The molecule has 3 rings (SSSR count). The minimum absolute atomic E-state index is 0.423. The molecule has 0 aliphatic rings. The van der Waals surface area contributed by atoms with Crippen molar-refractivity contribution in [2.24, 2.45) is 0 Å². The van der Waals surface area contributed by atoms with Crippen LogP contribution in [0.2, 0.25) is 20.1 Å². The molecular formula is C12H4Cl4O. The summed E-state index contributed by atoms with van der Waals surface area (Å²) < 4.78 is 5.64. The van der Waals surface area contributed by atoms with E-state index in [-0.39, 0.29) is 0 Å². The van der Waals surface area contributed by atoms with Crippen LogP contribution in [0.15, 0.2) is 28.7 Å². The molecule has 17 heavy (non-hydrogen) atoms. The highest BCUT2D eigenvalue weighted by Crippen LogP contribution is 2.42. The number of hydrogen-bond acceptors (Lipinski definition) is 1. The van der Waals surface area contributed by atoms with Gasteiger partial charge in [0.15, 0.2) is 5.58 Å². The summed E-state index contributed by atoms with van der Waals surface area (Å²) in [7, 11) is 0. The van der Waals surface area contributed by atoms with Crippen molar-refractivity contribution in [1.29, 1.82) is 0 Å². The minimum Gasteiger partial charge on any atom is -0.454 e. The van der Waals surface area contributed by atoms with Gasteiger partial charge in [-0.15, -0.1) is 0 Å². The van der Waals surface area contributed by atoms with Gasteiger partial charge in [-0.1, -0.05) is 46.4 Å². The molecule has 0 amide bonds. The maximum Gasteiger partial charge on any atom is 0.155 e. The molecule has 0 aliphatic carbocycles. The Bertz CT molecular complexity index is 745. The summed E-state index contributed by atoms with van der Waals surface area (Å²) in [6.45, 7) is 0. The topological polar surface area (TPSA) is 13.1 Å². The third kappa shape index (κ3) is 1.61. The predicted molar refractivity (Wildman–Crippen MR) is 73.8 cm³/mol. The van der Waals surface area contributed by atoms with Gasteiger partial charge in [0.1, 0.15) is 5.58 Å². The molecule has 1 heterocycles. The highest BCUT2D eigenvalue weighted by atomic mass is 35.5. The summed E-state index contributed by atoms with van der Waals surface area (Å²) >= 11 is 24.4. The normalized spacial score (nSPS) is 11.5. The van der Waals surface area contributed by atoms with E-state index < -0.39 is 0 Å². The van der Waals surface area contributed by atoms with Gasteiger partial charge in [0.05, 0.1) is 20.1 Å². The van der Waals surface area contributed by atoms with E-state index in [4.69, 9.17) is 50.8 Å². The van der Waals surface area contributed by atoms with E-state index in [1.807, 2.05) is 0 Å². The van der Waals surface area contributed by atoms with Crippen LogP contribution in [0.25, 0.3) is 21.9 Å². The van der Waals surface area contributed by atoms with Crippen LogP contribution in [0.5, 0.6) is 0 Å². The van der Waals surface area contributed by atoms with Crippen molar-refractivity contribution in [3.8, 4) is 0 Å². The van der Waals surface area contributed by atoms with Gasteiger partial charge in [-0.05, 0) is 24.3 Å². The molecular weight excluding hydrogens is 302 g/mol. The smallest absolute Gasteiger partial charge is 0.155 e. The average molecular weight is 306 g/mol. The Morgan fingerprint density at radius 3 is 2.12 bits per heavy atom. The van der Waals surface area contributed by atoms with Crippen LogP contribution in [-0.2, 0) is 0 Å². The molecule has 0 spiro atoms. The minimum atomic E-state index is 0.423. The fraction of sp³-hybridized carbons (Fsp3) is 0. The fourth-order valence-electron chi connectivity index (χ4n) is 1.83. The lowest BCUT2D eigenvalue weighted by molar-refractivity contribution is 0.669. The summed E-state index contributed by atoms with van der Waals surface area (Å²) in [5, 5.41) is 3.30. The van der Waals surface area contributed by atoms with Gasteiger partial charge in [0.25, 0.3) is 0 Å². The lowest BCUT2D eigenvalue weighted by Crippen LogP contribution is -1.73. The Labute approximate surface area is 117 Å². The first-order valence-corrected chi connectivity index (χ1v) is 6.25. The molecule has 0 fully saturated rings. The highest BCUT2D eigenvalue weighted by molar-refractivity contribution is 6.49. The molecule has 0 aliphatic heterocycles. The van der Waals surface area contributed by atoms with Crippen LogP contribution < -0.4 is 0 Å². The molecule has 0 radical (unpaired) electrons. The van der Waals surface area contributed by atoms with Gasteiger partial charge in [-0.2, -0.15) is 0 Å². The van der Waals surface area contributed by atoms with Gasteiger partial charge in [0, 0.05) is 10.8 Å². The third-order valence-electron chi connectivity index (χ3n) is 2.58. The van der Waals surface area contributed by atoms with Crippen molar-refractivity contribution in [3.05, 3.63) is 44.4 Å². The molecule has 0 N–H and O–H groups in total. The van der Waals surface area contributed by atoms with Crippen LogP contribution in [0.3, 0.4) is 0 Å². The second kappa shape index (κ2) is 3.96. The number of halogens is 4. The van der Waals surface area contributed by atoms with Crippen molar-refractivity contribution in [1.82, 2.24) is 0 Å². The SMILES string of the molecule is Clc1ccc2oc3c(Cl)ccc(Cl)c3c2c1Cl. The molecule has 1 aromatic heterocycles. The van der Waals surface area contributed by atoms with E-state index in [9.17, 15) is 0 Å². The predicted octanol–water partition coefficient (Wildman–Crippen LogP) is 6.20. The molecule has 0 bridgehead atoms. The number of benzene rings is 2. The van der Waals surface area contributed by atoms with Crippen molar-refractivity contribution >= 4 is 68.3 Å². The largest absolute Gasteiger partial charge is 0.454 e. The molecule has 5 heteroatoms. The van der Waals surface area contributed by atoms with Gasteiger partial charge >= 0.3 is 0 Å². The van der Waals surface area contributed by atoms with E-state index in [1.165, 1.54) is 0 Å². The van der Waals surface area contributed by atoms with E-state index in [0.717, 1.165) is 0 Å². The van der Waals surface area contributed by atoms with Crippen molar-refractivity contribution in [2.75, 3.05) is 0 Å². The van der Waals surface area contributed by atoms with E-state index >= 15 is 0 Å². The summed E-state index contributed by atoms with van der Waals surface area (Å²) in [6.07, 6.45) is 0. The summed E-state index contributed by atoms with van der Waals surface area (Å²) in [5.41, 5.74) is 1.14. The zero-order valence-electron chi connectivity index (χ0n) is 8.23. The Balaban J connectivity index is 2.67. The first kappa shape index (κ1) is 11.5. The molecule has 86 valence electrons. The number of rotatable bonds is 0. The second-order valence-corrected chi connectivity index (χ2v) is 5.17. The lowest BCUT2D eigenvalue weighted by atomic mass is 10.1. The second-order valence-electron chi connectivity index (χ2n) is 3.57. The van der Waals surface area contributed by atoms with Crippen LogP contribution in [0.1, 0.15) is 0 Å². The van der Waals surface area contributed by atoms with Gasteiger partial charge in [0.2, 0.25) is 0 Å². The number of hydrogen-bond donors (Lipinski definition) is 0. The van der Waals surface area contributed by atoms with Crippen molar-refractivity contribution < 1.29 is 4.42 Å². The zero-order chi connectivity index (χ0) is 12.2. The van der Waals surface area contributed by atoms with Crippen molar-refractivity contribution in [2.45, 2.75) is 0 Å². The van der Waals surface area contributed by atoms with Crippen molar-refractivity contribution in [3.63, 3.8) is 0 Å². The van der Waals surface area contributed by atoms with E-state index in [0.29, 0.717) is 42.0 Å². The Kier molecular flexibility index (Phi) is 2.68. The molecule has 0 saturated heterocycles. The van der Waals surface area contributed by atoms with E-state index in [2.05, 4.69) is 0 Å². The average Bonchev–Trinajstić information content (AvgIpc) is 2.70. The Morgan fingerprint density at radius 1 is 0.706 bits per heavy atom. The highest BCUT2D eigenvalue weighted by Gasteiger charge is 2.17. The molecule has 0 saturated carbocycles. The zero-order valence-corrected chi connectivity index (χ0v) is 11.3. The standard InChI is InChI=1S/C12H4Cl4O/c13-5-1-2-7(15)12-9(5)10-8(17-12)4-3-6(14)11(10)16/h1-4H. The third-order valence-corrected chi connectivity index (χ3v) is 3.99. The molecule has 0 unspecified atom stereocenters. The maximum atomic E-state index is 6.18. The fourth-order valence-corrected chi connectivity index (χ4v) is 2.67. The molecule has 1 nitrogen and oxygen atoms in total. The monoisotopic (exact) mass is 304 g/mol. The van der Waals surface area contributed by atoms with Crippen LogP contribution >= 0.6 is 46.4 Å². The number of fused-ring (bicyclic) bond motifs is 3. The van der Waals surface area contributed by atoms with Crippen LogP contribution in [0, 0.1) is 0 Å². The Morgan fingerprint density at radius 2 is 1.35 bits per heavy atom. The number of furan rings is 1. The quantitative estimate of drug-likeness (QED) is 0.482. The lowest BCUT2D eigenvalue weighted by Gasteiger charge is -1.98. The summed E-state index contributed by atoms with van der Waals surface area (Å²) in [6, 6.07) is 6.81. The molecule has 0 atom stereocenters. The van der Waals surface area contributed by atoms with Gasteiger partial charge in [-0.3, -0.25) is 0 Å². The molecule has 2 aromatic carbocycles. The summed E-state index contributed by atoms with van der Waals surface area (Å²) in [5.74, 6) is 0. The molecule has 3 aromatic rings. The van der Waals surface area contributed by atoms with Gasteiger partial charge < -0.3 is 4.42 Å². The Hall–Kier alpha value is -0.600.